The Kier molecular flexibility index (Phi) is 6.28. The summed E-state index contributed by atoms with van der Waals surface area (Å²) >= 11 is 0. The van der Waals surface area contributed by atoms with E-state index in [0.717, 1.165) is 11.3 Å². The van der Waals surface area contributed by atoms with Crippen LogP contribution in [0.25, 0.3) is 0 Å². The van der Waals surface area contributed by atoms with Crippen LogP contribution >= 0.6 is 0 Å². The third kappa shape index (κ3) is 4.41. The summed E-state index contributed by atoms with van der Waals surface area (Å²) in [4.78, 5) is 53.4. The second kappa shape index (κ2) is 8.14. The fraction of sp³-hybridized carbons (Fsp3) is 0.579. The Morgan fingerprint density at radius 3 is 2.57 bits per heavy atom. The highest BCUT2D eigenvalue weighted by atomic mass is 16.5. The molecule has 2 atom stereocenters. The van der Waals surface area contributed by atoms with Gasteiger partial charge in [0.25, 0.3) is 11.8 Å². The van der Waals surface area contributed by atoms with E-state index in [9.17, 15) is 19.2 Å². The van der Waals surface area contributed by atoms with Gasteiger partial charge in [-0.1, -0.05) is 27.2 Å². The number of primary amides is 1. The molecule has 4 N–H and O–H groups in total. The number of nitrogens with two attached hydrogens (primary N) is 1. The Balaban J connectivity index is 2.30. The lowest BCUT2D eigenvalue weighted by Crippen LogP contribution is -2.62. The lowest BCUT2D eigenvalue weighted by Gasteiger charge is -2.38. The van der Waals surface area contributed by atoms with Crippen LogP contribution in [0, 0.1) is 5.41 Å². The highest BCUT2D eigenvalue weighted by molar-refractivity contribution is 6.00. The molecule has 0 saturated carbocycles. The molecule has 154 valence electrons. The molecule has 9 nitrogen and oxygen atoms in total. The molecule has 1 aromatic rings. The zero-order valence-corrected chi connectivity index (χ0v) is 16.7. The first kappa shape index (κ1) is 21.6. The van der Waals surface area contributed by atoms with E-state index in [4.69, 9.17) is 10.5 Å². The molecular weight excluding hydrogens is 364 g/mol. The van der Waals surface area contributed by atoms with Crippen LogP contribution < -0.4 is 11.1 Å². The number of ketones is 1. The Bertz CT molecular complexity index is 758. The van der Waals surface area contributed by atoms with Crippen molar-refractivity contribution in [3.8, 4) is 0 Å². The first-order valence-electron chi connectivity index (χ1n) is 9.19. The van der Waals surface area contributed by atoms with Crippen molar-refractivity contribution in [2.75, 3.05) is 13.7 Å². The number of Topliss-reactive ketones (excluding diaryl/α,β-unsaturated/α-hetero) is 1. The van der Waals surface area contributed by atoms with Crippen molar-refractivity contribution in [1.82, 2.24) is 15.2 Å². The normalized spacial score (nSPS) is 20.6. The number of hydrogen-bond acceptors (Lipinski definition) is 5. The summed E-state index contributed by atoms with van der Waals surface area (Å²) in [6.45, 7) is 5.66. The smallest absolute Gasteiger partial charge is 0.271 e. The lowest BCUT2D eigenvalue weighted by atomic mass is 9.82. The SMILES string of the molecule is CCC(C)(C)C[C@H](NC(=O)c1cc[nH]c1)C(=O)N(C)C1(C(N)=O)CC(=O)CO1. The van der Waals surface area contributed by atoms with Gasteiger partial charge in [-0.05, 0) is 17.9 Å². The van der Waals surface area contributed by atoms with E-state index < -0.39 is 29.5 Å². The van der Waals surface area contributed by atoms with Gasteiger partial charge in [0.05, 0.1) is 12.0 Å². The van der Waals surface area contributed by atoms with Crippen LogP contribution in [0.2, 0.25) is 0 Å². The van der Waals surface area contributed by atoms with E-state index >= 15 is 0 Å². The predicted octanol–water partition coefficient (Wildman–Crippen LogP) is 0.569. The molecule has 3 amide bonds. The number of ether oxygens (including phenoxy) is 1. The number of nitrogens with one attached hydrogen (secondary N) is 2. The highest BCUT2D eigenvalue weighted by Gasteiger charge is 2.52. The number of amides is 3. The fourth-order valence-electron chi connectivity index (χ4n) is 3.12. The zero-order valence-electron chi connectivity index (χ0n) is 16.7. The number of carbonyl (C=O) groups excluding carboxylic acids is 4. The van der Waals surface area contributed by atoms with E-state index in [1.807, 2.05) is 20.8 Å². The average Bonchev–Trinajstić information content (AvgIpc) is 3.30. The van der Waals surface area contributed by atoms with E-state index in [1.54, 1.807) is 12.3 Å². The minimum atomic E-state index is -1.83. The summed E-state index contributed by atoms with van der Waals surface area (Å²) in [5, 5.41) is 2.74. The fourth-order valence-corrected chi connectivity index (χ4v) is 3.12. The van der Waals surface area contributed by atoms with Gasteiger partial charge in [-0.25, -0.2) is 0 Å². The predicted molar refractivity (Wildman–Crippen MR) is 101 cm³/mol. The second-order valence-electron chi connectivity index (χ2n) is 7.90. The molecule has 0 radical (unpaired) electrons. The average molecular weight is 392 g/mol. The van der Waals surface area contributed by atoms with Crippen molar-refractivity contribution in [3.05, 3.63) is 24.0 Å². The van der Waals surface area contributed by atoms with Crippen LogP contribution in [0.5, 0.6) is 0 Å². The maximum atomic E-state index is 13.2. The standard InChI is InChI=1S/C19H28N4O5/c1-5-18(2,3)9-14(22-15(25)12-6-7-21-10-12)16(26)23(4)19(17(20)27)8-13(24)11-28-19/h6-7,10,14,21H,5,8-9,11H2,1-4H3,(H2,20,27)(H,22,25)/t14-,19?/m0/s1. The summed E-state index contributed by atoms with van der Waals surface area (Å²) in [5.74, 6) is -2.20. The van der Waals surface area contributed by atoms with E-state index in [2.05, 4.69) is 10.3 Å². The molecule has 1 aliphatic heterocycles. The summed E-state index contributed by atoms with van der Waals surface area (Å²) in [7, 11) is 1.36. The minimum Gasteiger partial charge on any atom is -0.367 e. The third-order valence-corrected chi connectivity index (χ3v) is 5.34. The Labute approximate surface area is 164 Å². The number of nitrogens with zero attached hydrogens (tertiary/aromatic N) is 1. The number of likely N-dealkylation sites (N-methyl/N-ethyl adjacent to an activating group) is 1. The second-order valence-corrected chi connectivity index (χ2v) is 7.90. The Morgan fingerprint density at radius 1 is 1.43 bits per heavy atom. The van der Waals surface area contributed by atoms with Gasteiger partial charge in [-0.15, -0.1) is 0 Å². The number of aromatic nitrogens is 1. The van der Waals surface area contributed by atoms with Crippen LogP contribution in [0.1, 0.15) is 50.4 Å². The molecule has 1 unspecified atom stereocenters. The molecule has 9 heteroatoms. The van der Waals surface area contributed by atoms with Gasteiger partial charge in [0.2, 0.25) is 11.6 Å². The molecular formula is C19H28N4O5. The molecule has 2 rings (SSSR count). The van der Waals surface area contributed by atoms with Gasteiger partial charge in [0, 0.05) is 19.4 Å². The van der Waals surface area contributed by atoms with E-state index in [-0.39, 0.29) is 24.2 Å². The van der Waals surface area contributed by atoms with E-state index in [1.165, 1.54) is 13.2 Å². The van der Waals surface area contributed by atoms with Crippen molar-refractivity contribution in [2.45, 2.75) is 51.8 Å². The van der Waals surface area contributed by atoms with Gasteiger partial charge >= 0.3 is 0 Å². The van der Waals surface area contributed by atoms with Crippen LogP contribution in [-0.4, -0.2) is 58.8 Å². The van der Waals surface area contributed by atoms with Crippen LogP contribution in [0.4, 0.5) is 0 Å². The van der Waals surface area contributed by atoms with Crippen LogP contribution in [0.15, 0.2) is 18.5 Å². The molecule has 2 heterocycles. The maximum Gasteiger partial charge on any atom is 0.271 e. The van der Waals surface area contributed by atoms with E-state index in [0.29, 0.717) is 12.0 Å². The van der Waals surface area contributed by atoms with Gasteiger partial charge in [0.1, 0.15) is 12.6 Å². The van der Waals surface area contributed by atoms with Crippen molar-refractivity contribution in [1.29, 1.82) is 0 Å². The number of H-pyrrole nitrogens is 1. The lowest BCUT2D eigenvalue weighted by molar-refractivity contribution is -0.173. The van der Waals surface area contributed by atoms with Crippen molar-refractivity contribution < 1.29 is 23.9 Å². The van der Waals surface area contributed by atoms with Crippen LogP contribution in [-0.2, 0) is 19.1 Å². The van der Waals surface area contributed by atoms with Gasteiger partial charge in [0.15, 0.2) is 5.78 Å². The first-order valence-corrected chi connectivity index (χ1v) is 9.19. The van der Waals surface area contributed by atoms with Gasteiger partial charge in [-0.2, -0.15) is 0 Å². The Morgan fingerprint density at radius 2 is 2.11 bits per heavy atom. The number of carbonyl (C=O) groups is 4. The molecule has 1 fully saturated rings. The van der Waals surface area contributed by atoms with Crippen molar-refractivity contribution in [2.24, 2.45) is 11.1 Å². The maximum absolute atomic E-state index is 13.2. The molecule has 0 spiro atoms. The Hall–Kier alpha value is -2.68. The number of hydrogen-bond donors (Lipinski definition) is 3. The number of aromatic amines is 1. The third-order valence-electron chi connectivity index (χ3n) is 5.34. The van der Waals surface area contributed by atoms with Gasteiger partial charge in [-0.3, -0.25) is 19.2 Å². The molecule has 1 aliphatic rings. The monoisotopic (exact) mass is 392 g/mol. The summed E-state index contributed by atoms with van der Waals surface area (Å²) in [6, 6.07) is 0.674. The summed E-state index contributed by atoms with van der Waals surface area (Å²) < 4.78 is 5.34. The topological polar surface area (TPSA) is 135 Å². The highest BCUT2D eigenvalue weighted by Crippen LogP contribution is 2.31. The molecule has 1 aromatic heterocycles. The molecule has 1 saturated heterocycles. The largest absolute Gasteiger partial charge is 0.367 e. The van der Waals surface area contributed by atoms with Crippen molar-refractivity contribution in [3.63, 3.8) is 0 Å². The molecule has 28 heavy (non-hydrogen) atoms. The first-order chi connectivity index (χ1) is 13.0. The van der Waals surface area contributed by atoms with Crippen LogP contribution in [0.3, 0.4) is 0 Å². The minimum absolute atomic E-state index is 0.251. The quantitative estimate of drug-likeness (QED) is 0.594. The molecule has 0 bridgehead atoms. The zero-order chi connectivity index (χ0) is 21.1. The summed E-state index contributed by atoms with van der Waals surface area (Å²) in [6.07, 6.45) is 3.94. The number of rotatable bonds is 8. The van der Waals surface area contributed by atoms with Gasteiger partial charge < -0.3 is 25.7 Å². The molecule has 0 aliphatic carbocycles. The van der Waals surface area contributed by atoms with Crippen molar-refractivity contribution >= 4 is 23.5 Å². The molecule has 0 aromatic carbocycles. The summed E-state index contributed by atoms with van der Waals surface area (Å²) in [5.41, 5.74) is 3.76.